The molecule has 2 aromatic carbocycles. The molecule has 2 aliphatic heterocycles. The maximum absolute atomic E-state index is 13.4. The van der Waals surface area contributed by atoms with E-state index in [1.807, 2.05) is 48.5 Å². The summed E-state index contributed by atoms with van der Waals surface area (Å²) in [5.41, 5.74) is 0.919. The lowest BCUT2D eigenvalue weighted by atomic mass is 9.96. The number of benzene rings is 2. The van der Waals surface area contributed by atoms with Crippen molar-refractivity contribution in [2.75, 3.05) is 65.6 Å². The first-order valence-electron chi connectivity index (χ1n) is 14.6. The highest BCUT2D eigenvalue weighted by molar-refractivity contribution is 6.30. The van der Waals surface area contributed by atoms with Crippen molar-refractivity contribution >= 4 is 40.7 Å². The number of hydrogen-bond acceptors (Lipinski definition) is 10. The number of aliphatic hydroxyl groups excluding tert-OH is 1. The molecule has 1 atom stereocenters. The zero-order chi connectivity index (χ0) is 31.9. The van der Waals surface area contributed by atoms with Gasteiger partial charge in [0.1, 0.15) is 6.10 Å². The molecule has 0 aliphatic carbocycles. The number of rotatable bonds is 11. The van der Waals surface area contributed by atoms with Crippen LogP contribution in [0.1, 0.15) is 33.4 Å². The van der Waals surface area contributed by atoms with Gasteiger partial charge in [0.05, 0.1) is 30.6 Å². The van der Waals surface area contributed by atoms with Crippen LogP contribution in [0.2, 0.25) is 10.0 Å². The molecule has 13 nitrogen and oxygen atoms in total. The predicted octanol–water partition coefficient (Wildman–Crippen LogP) is 2.79. The molecule has 2 saturated heterocycles. The molecule has 1 unspecified atom stereocenters. The zero-order valence-corrected chi connectivity index (χ0v) is 26.0. The van der Waals surface area contributed by atoms with Crippen molar-refractivity contribution in [1.82, 2.24) is 25.2 Å². The van der Waals surface area contributed by atoms with Gasteiger partial charge in [0, 0.05) is 62.4 Å². The minimum atomic E-state index is -1.62. The molecule has 2 fully saturated rings. The van der Waals surface area contributed by atoms with E-state index < -0.39 is 40.6 Å². The molecule has 0 radical (unpaired) electrons. The third-order valence-electron chi connectivity index (χ3n) is 7.97. The molecule has 240 valence electrons. The third kappa shape index (κ3) is 8.17. The largest absolute Gasteiger partial charge is 0.383 e. The normalized spacial score (nSPS) is 16.9. The lowest BCUT2D eigenvalue weighted by molar-refractivity contribution is -0.386. The summed E-state index contributed by atoms with van der Waals surface area (Å²) in [5, 5.41) is 30.0. The van der Waals surface area contributed by atoms with Crippen molar-refractivity contribution in [2.45, 2.75) is 18.6 Å². The van der Waals surface area contributed by atoms with Crippen LogP contribution in [0.4, 0.5) is 5.69 Å². The molecule has 0 saturated carbocycles. The third-order valence-corrected chi connectivity index (χ3v) is 8.48. The average molecular weight is 662 g/mol. The number of aromatic nitrogens is 1. The number of carbonyl (C=O) groups is 2. The molecule has 0 bridgehead atoms. The van der Waals surface area contributed by atoms with Gasteiger partial charge >= 0.3 is 5.69 Å². The Morgan fingerprint density at radius 1 is 0.956 bits per heavy atom. The Bertz CT molecular complexity index is 1430. The van der Waals surface area contributed by atoms with Gasteiger partial charge in [-0.05, 0) is 35.4 Å². The average Bonchev–Trinajstić information content (AvgIpc) is 3.47. The SMILES string of the molecule is O=C(NCCN1CCOCC1)C(O)Cc1onc(C(=O)N2CCN(C(c3ccc(Cl)cc3)c3ccc(Cl)cc3)CC2)c1[N+](=O)[O-]. The Morgan fingerprint density at radius 3 is 2.09 bits per heavy atom. The molecule has 2 N–H and O–H groups in total. The summed E-state index contributed by atoms with van der Waals surface area (Å²) in [6, 6.07) is 15.0. The molecule has 5 rings (SSSR count). The van der Waals surface area contributed by atoms with E-state index in [4.69, 9.17) is 32.5 Å². The van der Waals surface area contributed by atoms with E-state index in [0.29, 0.717) is 49.4 Å². The number of aliphatic hydroxyl groups is 1. The van der Waals surface area contributed by atoms with Crippen molar-refractivity contribution in [3.63, 3.8) is 0 Å². The van der Waals surface area contributed by atoms with Crippen molar-refractivity contribution in [2.24, 2.45) is 0 Å². The van der Waals surface area contributed by atoms with Crippen LogP contribution >= 0.6 is 23.2 Å². The molecule has 0 spiro atoms. The van der Waals surface area contributed by atoms with Gasteiger partial charge in [-0.25, -0.2) is 0 Å². The van der Waals surface area contributed by atoms with E-state index in [2.05, 4.69) is 20.3 Å². The number of hydrogen-bond donors (Lipinski definition) is 2. The smallest absolute Gasteiger partial charge is 0.344 e. The first-order chi connectivity index (χ1) is 21.7. The number of piperazine rings is 1. The Hall–Kier alpha value is -3.59. The van der Waals surface area contributed by atoms with E-state index >= 15 is 0 Å². The molecule has 3 aromatic rings. The summed E-state index contributed by atoms with van der Waals surface area (Å²) in [6.07, 6.45) is -2.12. The van der Waals surface area contributed by atoms with Crippen LogP contribution in [-0.2, 0) is 16.0 Å². The Balaban J connectivity index is 1.22. The number of ether oxygens (including phenoxy) is 1. The lowest BCUT2D eigenvalue weighted by Gasteiger charge is -2.39. The molecule has 2 amide bonds. The highest BCUT2D eigenvalue weighted by Crippen LogP contribution is 2.32. The van der Waals surface area contributed by atoms with Crippen molar-refractivity contribution in [1.29, 1.82) is 0 Å². The topological polar surface area (TPSA) is 155 Å². The van der Waals surface area contributed by atoms with E-state index in [0.717, 1.165) is 24.2 Å². The first kappa shape index (κ1) is 32.8. The summed E-state index contributed by atoms with van der Waals surface area (Å²) in [4.78, 5) is 42.9. The fraction of sp³-hybridized carbons (Fsp3) is 0.433. The van der Waals surface area contributed by atoms with Crippen molar-refractivity contribution in [3.8, 4) is 0 Å². The second kappa shape index (κ2) is 15.1. The molecule has 2 aliphatic rings. The van der Waals surface area contributed by atoms with Gasteiger partial charge in [-0.1, -0.05) is 52.6 Å². The number of carbonyl (C=O) groups excluding carboxylic acids is 2. The minimum absolute atomic E-state index is 0.133. The summed E-state index contributed by atoms with van der Waals surface area (Å²) in [5.74, 6) is -1.70. The van der Waals surface area contributed by atoms with E-state index in [-0.39, 0.29) is 24.9 Å². The Kier molecular flexibility index (Phi) is 11.0. The molecule has 3 heterocycles. The monoisotopic (exact) mass is 660 g/mol. The number of morpholine rings is 1. The van der Waals surface area contributed by atoms with E-state index in [1.54, 1.807) is 0 Å². The standard InChI is InChI=1S/C30H34Cl2N6O7/c31-22-5-1-20(2-6-22)27(21-3-7-23(32)8-4-21)36-11-13-37(14-12-36)30(41)26-28(38(42)43)25(45-34-26)19-24(39)29(40)33-9-10-35-15-17-44-18-16-35/h1-8,24,27,39H,9-19H2,(H,33,40). The van der Waals surface area contributed by atoms with Crippen LogP contribution in [0.15, 0.2) is 53.1 Å². The van der Waals surface area contributed by atoms with Crippen LogP contribution in [0, 0.1) is 10.1 Å². The van der Waals surface area contributed by atoms with Gasteiger partial charge in [0.15, 0.2) is 0 Å². The van der Waals surface area contributed by atoms with Gasteiger partial charge in [-0.15, -0.1) is 0 Å². The fourth-order valence-corrected chi connectivity index (χ4v) is 5.82. The first-order valence-corrected chi connectivity index (χ1v) is 15.4. The summed E-state index contributed by atoms with van der Waals surface area (Å²) in [7, 11) is 0. The highest BCUT2D eigenvalue weighted by Gasteiger charge is 2.37. The molecule has 15 heteroatoms. The van der Waals surface area contributed by atoms with Gasteiger partial charge in [0.25, 0.3) is 5.91 Å². The number of amides is 2. The fourth-order valence-electron chi connectivity index (χ4n) is 5.57. The second-order valence-electron chi connectivity index (χ2n) is 10.9. The van der Waals surface area contributed by atoms with E-state index in [9.17, 15) is 24.8 Å². The Labute approximate surface area is 269 Å². The van der Waals surface area contributed by atoms with Crippen molar-refractivity contribution < 1.29 is 28.9 Å². The summed E-state index contributed by atoms with van der Waals surface area (Å²) in [6.45, 7) is 5.13. The maximum Gasteiger partial charge on any atom is 0.344 e. The Morgan fingerprint density at radius 2 is 1.53 bits per heavy atom. The van der Waals surface area contributed by atoms with Crippen LogP contribution in [0.3, 0.4) is 0 Å². The predicted molar refractivity (Wildman–Crippen MR) is 165 cm³/mol. The van der Waals surface area contributed by atoms with Gasteiger partial charge in [-0.3, -0.25) is 29.5 Å². The van der Waals surface area contributed by atoms with Gasteiger partial charge < -0.3 is 24.6 Å². The van der Waals surface area contributed by atoms with Gasteiger partial charge in [0.2, 0.25) is 17.4 Å². The number of halogens is 2. The summed E-state index contributed by atoms with van der Waals surface area (Å²) < 4.78 is 10.4. The molecular weight excluding hydrogens is 627 g/mol. The molecule has 1 aromatic heterocycles. The second-order valence-corrected chi connectivity index (χ2v) is 11.7. The van der Waals surface area contributed by atoms with Crippen LogP contribution in [0.5, 0.6) is 0 Å². The zero-order valence-electron chi connectivity index (χ0n) is 24.4. The van der Waals surface area contributed by atoms with E-state index in [1.165, 1.54) is 4.90 Å². The summed E-state index contributed by atoms with van der Waals surface area (Å²) >= 11 is 12.3. The number of nitrogens with one attached hydrogen (secondary N) is 1. The lowest BCUT2D eigenvalue weighted by Crippen LogP contribution is -2.50. The molecular formula is C30H34Cl2N6O7. The molecule has 45 heavy (non-hydrogen) atoms. The quantitative estimate of drug-likeness (QED) is 0.232. The number of nitrogens with zero attached hydrogens (tertiary/aromatic N) is 5. The highest BCUT2D eigenvalue weighted by atomic mass is 35.5. The number of nitro groups is 1. The van der Waals surface area contributed by atoms with Gasteiger partial charge in [-0.2, -0.15) is 0 Å². The van der Waals surface area contributed by atoms with Crippen LogP contribution < -0.4 is 5.32 Å². The maximum atomic E-state index is 13.4. The minimum Gasteiger partial charge on any atom is -0.383 e. The van der Waals surface area contributed by atoms with Crippen LogP contribution in [-0.4, -0.2) is 113 Å². The van der Waals surface area contributed by atoms with Crippen molar-refractivity contribution in [3.05, 3.63) is 91.3 Å². The van der Waals surface area contributed by atoms with Crippen LogP contribution in [0.25, 0.3) is 0 Å².